The molecule has 1 aliphatic rings. The van der Waals surface area contributed by atoms with Gasteiger partial charge in [0.1, 0.15) is 11.4 Å². The fourth-order valence-electron chi connectivity index (χ4n) is 3.61. The second-order valence-electron chi connectivity index (χ2n) is 7.74. The van der Waals surface area contributed by atoms with E-state index in [1.54, 1.807) is 6.92 Å². The lowest BCUT2D eigenvalue weighted by atomic mass is 9.94. The predicted molar refractivity (Wildman–Crippen MR) is 109 cm³/mol. The van der Waals surface area contributed by atoms with E-state index in [9.17, 15) is 14.4 Å². The van der Waals surface area contributed by atoms with Crippen molar-refractivity contribution in [3.8, 4) is 5.75 Å². The molecule has 0 unspecified atom stereocenters. The monoisotopic (exact) mass is 397 g/mol. The van der Waals surface area contributed by atoms with Gasteiger partial charge in [0.25, 0.3) is 11.8 Å². The zero-order valence-electron chi connectivity index (χ0n) is 17.3. The molecule has 1 aliphatic carbocycles. The van der Waals surface area contributed by atoms with Crippen LogP contribution < -0.4 is 15.6 Å². The molecule has 1 aromatic heterocycles. The molecule has 0 atom stereocenters. The molecule has 0 aliphatic heterocycles. The quantitative estimate of drug-likeness (QED) is 0.675. The molecule has 2 amide bonds. The van der Waals surface area contributed by atoms with Crippen LogP contribution in [0.1, 0.15) is 75.8 Å². The summed E-state index contributed by atoms with van der Waals surface area (Å²) >= 11 is 0. The Kier molecular flexibility index (Phi) is 6.06. The summed E-state index contributed by atoms with van der Waals surface area (Å²) in [6.07, 6.45) is 2.01. The van der Waals surface area contributed by atoms with Gasteiger partial charge in [0.2, 0.25) is 0 Å². The van der Waals surface area contributed by atoms with Crippen molar-refractivity contribution in [2.75, 3.05) is 6.61 Å². The van der Waals surface area contributed by atoms with Crippen molar-refractivity contribution in [2.45, 2.75) is 52.9 Å². The fourth-order valence-corrected chi connectivity index (χ4v) is 3.61. The molecule has 1 heterocycles. The van der Waals surface area contributed by atoms with Crippen LogP contribution in [-0.2, 0) is 11.2 Å². The average Bonchev–Trinajstić information content (AvgIpc) is 3.02. The topological polar surface area (TPSA) is 100 Å². The largest absolute Gasteiger partial charge is 0.483 e. The first-order chi connectivity index (χ1) is 13.8. The number of aromatic amines is 1. The summed E-state index contributed by atoms with van der Waals surface area (Å²) < 4.78 is 5.67. The van der Waals surface area contributed by atoms with Crippen LogP contribution in [0.4, 0.5) is 0 Å². The minimum Gasteiger partial charge on any atom is -0.483 e. The van der Waals surface area contributed by atoms with Gasteiger partial charge in [-0.2, -0.15) is 0 Å². The first-order valence-corrected chi connectivity index (χ1v) is 9.85. The summed E-state index contributed by atoms with van der Waals surface area (Å²) in [5.41, 5.74) is 9.13. The highest BCUT2D eigenvalue weighted by atomic mass is 16.5. The van der Waals surface area contributed by atoms with E-state index in [-0.39, 0.29) is 18.3 Å². The highest BCUT2D eigenvalue weighted by Gasteiger charge is 2.26. The number of hydrogen-bond acceptors (Lipinski definition) is 4. The number of ketones is 1. The zero-order chi connectivity index (χ0) is 21.1. The van der Waals surface area contributed by atoms with Crippen molar-refractivity contribution in [1.82, 2.24) is 15.8 Å². The van der Waals surface area contributed by atoms with Gasteiger partial charge in [0.15, 0.2) is 12.4 Å². The van der Waals surface area contributed by atoms with Crippen molar-refractivity contribution in [3.63, 3.8) is 0 Å². The maximum atomic E-state index is 12.4. The lowest BCUT2D eigenvalue weighted by Crippen LogP contribution is -2.44. The number of fused-ring (bicyclic) bond motifs is 1. The Balaban J connectivity index is 1.59. The number of carbonyl (C=O) groups excluding carboxylic acids is 3. The van der Waals surface area contributed by atoms with Crippen molar-refractivity contribution < 1.29 is 19.1 Å². The van der Waals surface area contributed by atoms with Crippen LogP contribution >= 0.6 is 0 Å². The zero-order valence-corrected chi connectivity index (χ0v) is 17.3. The van der Waals surface area contributed by atoms with E-state index in [1.165, 1.54) is 0 Å². The third-order valence-corrected chi connectivity index (χ3v) is 5.13. The summed E-state index contributed by atoms with van der Waals surface area (Å²) in [5.74, 6) is 0.0116. The molecule has 29 heavy (non-hydrogen) atoms. The molecular weight excluding hydrogens is 370 g/mol. The van der Waals surface area contributed by atoms with Crippen molar-refractivity contribution in [2.24, 2.45) is 0 Å². The number of hydrazine groups is 1. The number of nitrogens with one attached hydrogen (secondary N) is 3. The van der Waals surface area contributed by atoms with Crippen LogP contribution in [0.15, 0.2) is 18.2 Å². The van der Waals surface area contributed by atoms with E-state index in [0.717, 1.165) is 29.7 Å². The first kappa shape index (κ1) is 20.6. The Labute approximate surface area is 170 Å². The second-order valence-corrected chi connectivity index (χ2v) is 7.74. The lowest BCUT2D eigenvalue weighted by Gasteiger charge is -2.15. The Morgan fingerprint density at radius 3 is 2.62 bits per heavy atom. The van der Waals surface area contributed by atoms with Gasteiger partial charge in [-0.05, 0) is 55.4 Å². The molecule has 0 saturated carbocycles. The predicted octanol–water partition coefficient (Wildman–Crippen LogP) is 3.11. The Morgan fingerprint density at radius 2 is 1.93 bits per heavy atom. The van der Waals surface area contributed by atoms with Gasteiger partial charge in [0.05, 0.1) is 0 Å². The average molecular weight is 397 g/mol. The summed E-state index contributed by atoms with van der Waals surface area (Å²) in [7, 11) is 0. The van der Waals surface area contributed by atoms with Crippen LogP contribution in [0.5, 0.6) is 5.75 Å². The Hall–Kier alpha value is -3.09. The summed E-state index contributed by atoms with van der Waals surface area (Å²) in [5, 5.41) is 0. The van der Waals surface area contributed by atoms with Crippen LogP contribution in [0.3, 0.4) is 0 Å². The molecule has 1 aromatic carbocycles. The van der Waals surface area contributed by atoms with Crippen molar-refractivity contribution in [1.29, 1.82) is 0 Å². The smallest absolute Gasteiger partial charge is 0.286 e. The SMILES string of the molecule is Cc1ccc(C(C)C)c(OCC(=O)NNC(=O)c2[nH]c3c(c2C)C(=O)CCC3)c1. The highest BCUT2D eigenvalue weighted by Crippen LogP contribution is 2.28. The number of H-pyrrole nitrogens is 1. The summed E-state index contributed by atoms with van der Waals surface area (Å²) in [6.45, 7) is 7.59. The maximum Gasteiger partial charge on any atom is 0.286 e. The molecule has 154 valence electrons. The third-order valence-electron chi connectivity index (χ3n) is 5.13. The standard InChI is InChI=1S/C22H27N3O4/c1-12(2)15-9-8-13(3)10-18(15)29-11-19(27)24-25-22(28)21-14(4)20-16(23-21)6-5-7-17(20)26/h8-10,12,23H,5-7,11H2,1-4H3,(H,24,27)(H,25,28). The Bertz CT molecular complexity index is 959. The second kappa shape index (κ2) is 8.51. The number of benzene rings is 1. The minimum atomic E-state index is -0.489. The molecule has 2 aromatic rings. The van der Waals surface area contributed by atoms with Crippen LogP contribution in [0.2, 0.25) is 0 Å². The van der Waals surface area contributed by atoms with Gasteiger partial charge in [-0.15, -0.1) is 0 Å². The number of hydrogen-bond donors (Lipinski definition) is 3. The van der Waals surface area contributed by atoms with Gasteiger partial charge in [-0.3, -0.25) is 25.2 Å². The summed E-state index contributed by atoms with van der Waals surface area (Å²) in [6, 6.07) is 5.89. The van der Waals surface area contributed by atoms with Gasteiger partial charge in [-0.1, -0.05) is 26.0 Å². The van der Waals surface area contributed by atoms with Crippen LogP contribution in [0.25, 0.3) is 0 Å². The number of rotatable bonds is 5. The van der Waals surface area contributed by atoms with E-state index in [1.807, 2.05) is 25.1 Å². The number of aryl methyl sites for hydroxylation is 2. The molecule has 3 N–H and O–H groups in total. The van der Waals surface area contributed by atoms with E-state index in [2.05, 4.69) is 29.7 Å². The molecule has 3 rings (SSSR count). The number of Topliss-reactive ketones (excluding diaryl/α,β-unsaturated/α-hetero) is 1. The molecule has 7 nitrogen and oxygen atoms in total. The molecule has 0 fully saturated rings. The van der Waals surface area contributed by atoms with Gasteiger partial charge < -0.3 is 9.72 Å². The van der Waals surface area contributed by atoms with E-state index in [4.69, 9.17) is 4.74 Å². The highest BCUT2D eigenvalue weighted by molar-refractivity contribution is 6.04. The molecule has 0 spiro atoms. The van der Waals surface area contributed by atoms with E-state index >= 15 is 0 Å². The van der Waals surface area contributed by atoms with Gasteiger partial charge in [0, 0.05) is 17.7 Å². The number of aromatic nitrogens is 1. The number of carbonyl (C=O) groups is 3. The number of ether oxygens (including phenoxy) is 1. The van der Waals surface area contributed by atoms with Crippen LogP contribution in [-0.4, -0.2) is 29.2 Å². The van der Waals surface area contributed by atoms with Crippen molar-refractivity contribution in [3.05, 3.63) is 51.8 Å². The maximum absolute atomic E-state index is 12.4. The molecular formula is C22H27N3O4. The molecule has 0 saturated heterocycles. The van der Waals surface area contributed by atoms with E-state index < -0.39 is 11.8 Å². The minimum absolute atomic E-state index is 0.0515. The summed E-state index contributed by atoms with van der Waals surface area (Å²) in [4.78, 5) is 39.7. The Morgan fingerprint density at radius 1 is 1.17 bits per heavy atom. The molecule has 0 radical (unpaired) electrons. The lowest BCUT2D eigenvalue weighted by molar-refractivity contribution is -0.123. The fraction of sp³-hybridized carbons (Fsp3) is 0.409. The van der Waals surface area contributed by atoms with Gasteiger partial charge >= 0.3 is 0 Å². The van der Waals surface area contributed by atoms with Crippen LogP contribution in [0, 0.1) is 13.8 Å². The van der Waals surface area contributed by atoms with Crippen molar-refractivity contribution >= 4 is 17.6 Å². The third kappa shape index (κ3) is 4.50. The first-order valence-electron chi connectivity index (χ1n) is 9.85. The van der Waals surface area contributed by atoms with Gasteiger partial charge in [-0.25, -0.2) is 0 Å². The normalized spacial score (nSPS) is 13.2. The number of amides is 2. The van der Waals surface area contributed by atoms with E-state index in [0.29, 0.717) is 29.0 Å². The molecule has 7 heteroatoms. The molecule has 0 bridgehead atoms.